The molecule has 0 aromatic heterocycles. The van der Waals surface area contributed by atoms with Crippen LogP contribution in [-0.2, 0) is 0 Å². The zero-order valence-electron chi connectivity index (χ0n) is 11.0. The molecule has 0 spiro atoms. The maximum atomic E-state index is 12.3. The number of rotatable bonds is 6. The highest BCUT2D eigenvalue weighted by Crippen LogP contribution is 2.23. The van der Waals surface area contributed by atoms with E-state index in [-0.39, 0.29) is 11.8 Å². The predicted molar refractivity (Wildman–Crippen MR) is 77.8 cm³/mol. The molecule has 0 saturated carbocycles. The quantitative estimate of drug-likeness (QED) is 0.727. The van der Waals surface area contributed by atoms with Gasteiger partial charge < -0.3 is 0 Å². The molecule has 0 saturated heterocycles. The van der Waals surface area contributed by atoms with Crippen LogP contribution in [0.15, 0.2) is 18.2 Å². The number of benzene rings is 1. The van der Waals surface area contributed by atoms with Crippen molar-refractivity contribution in [3.05, 3.63) is 33.8 Å². The van der Waals surface area contributed by atoms with Crippen LogP contribution in [-0.4, -0.2) is 30.3 Å². The second-order valence-corrected chi connectivity index (χ2v) is 5.34. The van der Waals surface area contributed by atoms with Gasteiger partial charge in [0, 0.05) is 10.6 Å². The van der Waals surface area contributed by atoms with Crippen molar-refractivity contribution in [3.8, 4) is 0 Å². The predicted octanol–water partition coefficient (Wildman–Crippen LogP) is 4.30. The second kappa shape index (κ2) is 7.13. The van der Waals surface area contributed by atoms with Gasteiger partial charge in [0.2, 0.25) is 0 Å². The number of carbonyl (C=O) groups excluding carboxylic acids is 1. The van der Waals surface area contributed by atoms with E-state index in [0.29, 0.717) is 15.6 Å². The van der Waals surface area contributed by atoms with Gasteiger partial charge in [-0.2, -0.15) is 0 Å². The first kappa shape index (κ1) is 15.5. The average molecular weight is 288 g/mol. The van der Waals surface area contributed by atoms with Crippen LogP contribution < -0.4 is 0 Å². The summed E-state index contributed by atoms with van der Waals surface area (Å²) in [5.41, 5.74) is 0.539. The van der Waals surface area contributed by atoms with Crippen molar-refractivity contribution in [3.63, 3.8) is 0 Å². The van der Waals surface area contributed by atoms with Gasteiger partial charge >= 0.3 is 0 Å². The molecule has 0 aliphatic rings. The molecule has 1 aromatic rings. The van der Waals surface area contributed by atoms with E-state index in [2.05, 4.69) is 11.8 Å². The van der Waals surface area contributed by atoms with E-state index < -0.39 is 0 Å². The molecular formula is C14H19Cl2NO. The molecule has 1 aromatic carbocycles. The third-order valence-corrected chi connectivity index (χ3v) is 3.65. The third kappa shape index (κ3) is 3.98. The van der Waals surface area contributed by atoms with Crippen LogP contribution in [0.1, 0.15) is 37.0 Å². The summed E-state index contributed by atoms with van der Waals surface area (Å²) in [7, 11) is 1.96. The fourth-order valence-corrected chi connectivity index (χ4v) is 2.22. The number of Topliss-reactive ketones (excluding diaryl/α,β-unsaturated/α-hetero) is 1. The molecule has 0 N–H and O–H groups in total. The van der Waals surface area contributed by atoms with Crippen LogP contribution in [0.25, 0.3) is 0 Å². The highest BCUT2D eigenvalue weighted by Gasteiger charge is 2.21. The Morgan fingerprint density at radius 3 is 2.61 bits per heavy atom. The van der Waals surface area contributed by atoms with Crippen molar-refractivity contribution >= 4 is 29.0 Å². The van der Waals surface area contributed by atoms with Gasteiger partial charge in [0.25, 0.3) is 0 Å². The third-order valence-electron chi connectivity index (χ3n) is 3.10. The first-order valence-electron chi connectivity index (χ1n) is 6.16. The summed E-state index contributed by atoms with van der Waals surface area (Å²) in [6.07, 6.45) is 2.20. The minimum Gasteiger partial charge on any atom is -0.297 e. The lowest BCUT2D eigenvalue weighted by Crippen LogP contribution is -2.36. The van der Waals surface area contributed by atoms with Gasteiger partial charge in [0.05, 0.1) is 11.1 Å². The Bertz CT molecular complexity index is 420. The number of carbonyl (C=O) groups is 1. The molecule has 1 unspecified atom stereocenters. The maximum absolute atomic E-state index is 12.3. The lowest BCUT2D eigenvalue weighted by molar-refractivity contribution is 0.0867. The Morgan fingerprint density at radius 2 is 2.06 bits per heavy atom. The summed E-state index contributed by atoms with van der Waals surface area (Å²) >= 11 is 11.9. The van der Waals surface area contributed by atoms with Crippen LogP contribution in [0.5, 0.6) is 0 Å². The highest BCUT2D eigenvalue weighted by molar-refractivity contribution is 6.37. The van der Waals surface area contributed by atoms with Crippen molar-refractivity contribution in [1.29, 1.82) is 0 Å². The molecule has 2 nitrogen and oxygen atoms in total. The molecule has 1 atom stereocenters. The first-order valence-corrected chi connectivity index (χ1v) is 6.92. The summed E-state index contributed by atoms with van der Waals surface area (Å²) in [4.78, 5) is 14.4. The molecule has 0 fully saturated rings. The minimum atomic E-state index is -0.171. The van der Waals surface area contributed by atoms with E-state index in [1.807, 2.05) is 14.0 Å². The van der Waals surface area contributed by atoms with Crippen LogP contribution in [0.3, 0.4) is 0 Å². The van der Waals surface area contributed by atoms with E-state index >= 15 is 0 Å². The Balaban J connectivity index is 2.79. The molecule has 0 heterocycles. The van der Waals surface area contributed by atoms with Crippen molar-refractivity contribution < 1.29 is 4.79 Å². The molecular weight excluding hydrogens is 269 g/mol. The Labute approximate surface area is 119 Å². The number of halogens is 2. The maximum Gasteiger partial charge on any atom is 0.181 e. The summed E-state index contributed by atoms with van der Waals surface area (Å²) in [6, 6.07) is 4.82. The van der Waals surface area contributed by atoms with Gasteiger partial charge in [-0.3, -0.25) is 9.69 Å². The van der Waals surface area contributed by atoms with Gasteiger partial charge in [0.1, 0.15) is 0 Å². The molecule has 0 bridgehead atoms. The number of ketones is 1. The number of hydrogen-bond donors (Lipinski definition) is 0. The van der Waals surface area contributed by atoms with Gasteiger partial charge in [0.15, 0.2) is 5.78 Å². The van der Waals surface area contributed by atoms with Crippen molar-refractivity contribution in [2.75, 3.05) is 13.6 Å². The van der Waals surface area contributed by atoms with E-state index in [4.69, 9.17) is 23.2 Å². The van der Waals surface area contributed by atoms with E-state index in [0.717, 1.165) is 19.4 Å². The van der Waals surface area contributed by atoms with Gasteiger partial charge in [-0.1, -0.05) is 36.5 Å². The molecule has 18 heavy (non-hydrogen) atoms. The summed E-state index contributed by atoms with van der Waals surface area (Å²) < 4.78 is 0. The summed E-state index contributed by atoms with van der Waals surface area (Å²) in [5, 5.41) is 0.965. The second-order valence-electron chi connectivity index (χ2n) is 4.50. The lowest BCUT2D eigenvalue weighted by Gasteiger charge is -2.23. The molecule has 0 aliphatic carbocycles. The van der Waals surface area contributed by atoms with Crippen molar-refractivity contribution in [1.82, 2.24) is 4.90 Å². The van der Waals surface area contributed by atoms with Gasteiger partial charge in [-0.25, -0.2) is 0 Å². The van der Waals surface area contributed by atoms with E-state index in [1.165, 1.54) is 0 Å². The zero-order valence-corrected chi connectivity index (χ0v) is 12.6. The Morgan fingerprint density at radius 1 is 1.39 bits per heavy atom. The van der Waals surface area contributed by atoms with Gasteiger partial charge in [-0.15, -0.1) is 0 Å². The molecule has 100 valence electrons. The summed E-state index contributed by atoms with van der Waals surface area (Å²) in [5.74, 6) is 0.0373. The molecule has 0 amide bonds. The van der Waals surface area contributed by atoms with Crippen LogP contribution in [0.2, 0.25) is 10.0 Å². The number of likely N-dealkylation sites (N-methyl/N-ethyl adjacent to an activating group) is 1. The van der Waals surface area contributed by atoms with E-state index in [1.54, 1.807) is 18.2 Å². The van der Waals surface area contributed by atoms with E-state index in [9.17, 15) is 4.79 Å². The fourth-order valence-electron chi connectivity index (χ4n) is 1.72. The molecule has 0 aliphatic heterocycles. The number of nitrogens with zero attached hydrogens (tertiary/aromatic N) is 1. The standard InChI is InChI=1S/C14H19Cl2NO/c1-4-5-8-17(3)10(2)14(18)12-7-6-11(15)9-13(12)16/h6-7,9-10H,4-5,8H2,1-3H3. The Kier molecular flexibility index (Phi) is 6.13. The summed E-state index contributed by atoms with van der Waals surface area (Å²) in [6.45, 7) is 4.95. The van der Waals surface area contributed by atoms with Crippen LogP contribution >= 0.6 is 23.2 Å². The van der Waals surface area contributed by atoms with Crippen molar-refractivity contribution in [2.45, 2.75) is 32.7 Å². The highest BCUT2D eigenvalue weighted by atomic mass is 35.5. The lowest BCUT2D eigenvalue weighted by atomic mass is 10.0. The topological polar surface area (TPSA) is 20.3 Å². The van der Waals surface area contributed by atoms with Crippen LogP contribution in [0, 0.1) is 0 Å². The zero-order chi connectivity index (χ0) is 13.7. The smallest absolute Gasteiger partial charge is 0.181 e. The monoisotopic (exact) mass is 287 g/mol. The number of hydrogen-bond acceptors (Lipinski definition) is 2. The molecule has 1 rings (SSSR count). The fraction of sp³-hybridized carbons (Fsp3) is 0.500. The minimum absolute atomic E-state index is 0.0373. The average Bonchev–Trinajstić information content (AvgIpc) is 2.34. The normalized spacial score (nSPS) is 12.8. The first-order chi connectivity index (χ1) is 8.47. The molecule has 4 heteroatoms. The Hall–Kier alpha value is -0.570. The number of unbranched alkanes of at least 4 members (excludes halogenated alkanes) is 1. The van der Waals surface area contributed by atoms with Crippen LogP contribution in [0.4, 0.5) is 0 Å². The molecule has 0 radical (unpaired) electrons. The van der Waals surface area contributed by atoms with Crippen molar-refractivity contribution in [2.24, 2.45) is 0 Å². The largest absolute Gasteiger partial charge is 0.297 e. The SMILES string of the molecule is CCCCN(C)C(C)C(=O)c1ccc(Cl)cc1Cl. The van der Waals surface area contributed by atoms with Gasteiger partial charge in [-0.05, 0) is 45.1 Å².